The van der Waals surface area contributed by atoms with Gasteiger partial charge in [0.1, 0.15) is 4.90 Å². The van der Waals surface area contributed by atoms with E-state index in [9.17, 15) is 13.2 Å². The van der Waals surface area contributed by atoms with Gasteiger partial charge in [-0.05, 0) is 42.5 Å². The van der Waals surface area contributed by atoms with Crippen molar-refractivity contribution in [3.63, 3.8) is 0 Å². The molecule has 3 aromatic rings. The third kappa shape index (κ3) is 4.01. The highest BCUT2D eigenvalue weighted by Crippen LogP contribution is 2.24. The molecule has 0 fully saturated rings. The van der Waals surface area contributed by atoms with Crippen LogP contribution < -0.4 is 10.0 Å². The fourth-order valence-electron chi connectivity index (χ4n) is 2.13. The second-order valence-electron chi connectivity index (χ2n) is 5.05. The SMILES string of the molecule is O=C(Nc1cccc(NS(=O)(=O)c2ccccc2Cl)c1)c1ccco1. The minimum Gasteiger partial charge on any atom is -0.459 e. The van der Waals surface area contributed by atoms with E-state index in [-0.39, 0.29) is 21.4 Å². The number of hydrogen-bond acceptors (Lipinski definition) is 4. The van der Waals surface area contributed by atoms with Crippen LogP contribution in [-0.4, -0.2) is 14.3 Å². The van der Waals surface area contributed by atoms with Crippen molar-refractivity contribution in [3.8, 4) is 0 Å². The summed E-state index contributed by atoms with van der Waals surface area (Å²) in [5.74, 6) is -0.279. The molecule has 0 atom stereocenters. The van der Waals surface area contributed by atoms with Gasteiger partial charge in [0.15, 0.2) is 5.76 Å². The maximum atomic E-state index is 12.4. The van der Waals surface area contributed by atoms with Gasteiger partial charge in [-0.25, -0.2) is 8.42 Å². The van der Waals surface area contributed by atoms with Gasteiger partial charge in [0.25, 0.3) is 15.9 Å². The quantitative estimate of drug-likeness (QED) is 0.704. The summed E-state index contributed by atoms with van der Waals surface area (Å²) in [6.07, 6.45) is 1.39. The van der Waals surface area contributed by atoms with Crippen LogP contribution in [0.5, 0.6) is 0 Å². The number of hydrogen-bond donors (Lipinski definition) is 2. The molecule has 128 valence electrons. The molecule has 0 saturated carbocycles. The van der Waals surface area contributed by atoms with Crippen molar-refractivity contribution in [1.82, 2.24) is 0 Å². The highest BCUT2D eigenvalue weighted by molar-refractivity contribution is 7.92. The van der Waals surface area contributed by atoms with E-state index in [1.54, 1.807) is 36.4 Å². The predicted molar refractivity (Wildman–Crippen MR) is 95.4 cm³/mol. The summed E-state index contributed by atoms with van der Waals surface area (Å²) in [5.41, 5.74) is 0.706. The average molecular weight is 377 g/mol. The molecular formula is C17H13ClN2O4S. The van der Waals surface area contributed by atoms with Crippen LogP contribution in [-0.2, 0) is 10.0 Å². The second kappa shape index (κ2) is 7.00. The molecule has 0 radical (unpaired) electrons. The van der Waals surface area contributed by atoms with E-state index in [2.05, 4.69) is 10.0 Å². The average Bonchev–Trinajstić information content (AvgIpc) is 3.09. The van der Waals surface area contributed by atoms with Crippen molar-refractivity contribution < 1.29 is 17.6 Å². The fraction of sp³-hybridized carbons (Fsp3) is 0. The Hall–Kier alpha value is -2.77. The fourth-order valence-corrected chi connectivity index (χ4v) is 3.70. The van der Waals surface area contributed by atoms with E-state index >= 15 is 0 Å². The molecular weight excluding hydrogens is 364 g/mol. The summed E-state index contributed by atoms with van der Waals surface area (Å²) in [7, 11) is -3.85. The molecule has 1 aromatic heterocycles. The highest BCUT2D eigenvalue weighted by atomic mass is 35.5. The standard InChI is InChI=1S/C17H13ClN2O4S/c18-14-7-1-2-9-16(14)25(22,23)20-13-6-3-5-12(11-13)19-17(21)15-8-4-10-24-15/h1-11,20H,(H,19,21). The summed E-state index contributed by atoms with van der Waals surface area (Å²) >= 11 is 5.95. The third-order valence-corrected chi connectivity index (χ3v) is 5.12. The number of benzene rings is 2. The van der Waals surface area contributed by atoms with Gasteiger partial charge in [-0.2, -0.15) is 0 Å². The first-order valence-corrected chi connectivity index (χ1v) is 9.04. The van der Waals surface area contributed by atoms with Gasteiger partial charge in [-0.15, -0.1) is 0 Å². The van der Waals surface area contributed by atoms with E-state index in [1.807, 2.05) is 0 Å². The Kier molecular flexibility index (Phi) is 4.78. The summed E-state index contributed by atoms with van der Waals surface area (Å²) in [5, 5.41) is 2.75. The van der Waals surface area contributed by atoms with Crippen LogP contribution in [0.2, 0.25) is 5.02 Å². The molecule has 0 spiro atoms. The molecule has 2 N–H and O–H groups in total. The molecule has 1 amide bonds. The van der Waals surface area contributed by atoms with E-state index in [4.69, 9.17) is 16.0 Å². The Bertz CT molecular complexity index is 1000. The van der Waals surface area contributed by atoms with Gasteiger partial charge in [0.2, 0.25) is 0 Å². The number of furan rings is 1. The van der Waals surface area contributed by atoms with Crippen molar-refractivity contribution in [3.05, 3.63) is 77.7 Å². The van der Waals surface area contributed by atoms with Gasteiger partial charge in [-0.1, -0.05) is 29.8 Å². The predicted octanol–water partition coefficient (Wildman–Crippen LogP) is 3.99. The van der Waals surface area contributed by atoms with E-state index in [0.29, 0.717) is 5.69 Å². The summed E-state index contributed by atoms with van der Waals surface area (Å²) in [6.45, 7) is 0. The zero-order chi connectivity index (χ0) is 17.9. The van der Waals surface area contributed by atoms with Gasteiger partial charge < -0.3 is 9.73 Å². The Morgan fingerprint density at radius 1 is 0.960 bits per heavy atom. The smallest absolute Gasteiger partial charge is 0.291 e. The lowest BCUT2D eigenvalue weighted by atomic mass is 10.3. The maximum absolute atomic E-state index is 12.4. The summed E-state index contributed by atoms with van der Waals surface area (Å²) in [6, 6.07) is 15.6. The van der Waals surface area contributed by atoms with Crippen LogP contribution in [0.4, 0.5) is 11.4 Å². The number of amides is 1. The zero-order valence-corrected chi connectivity index (χ0v) is 14.3. The molecule has 8 heteroatoms. The molecule has 0 aliphatic carbocycles. The Morgan fingerprint density at radius 2 is 1.72 bits per heavy atom. The lowest BCUT2D eigenvalue weighted by molar-refractivity contribution is 0.0996. The molecule has 1 heterocycles. The molecule has 3 rings (SSSR count). The number of halogens is 1. The Balaban J connectivity index is 1.80. The van der Waals surface area contributed by atoms with Gasteiger partial charge >= 0.3 is 0 Å². The summed E-state index contributed by atoms with van der Waals surface area (Å²) in [4.78, 5) is 12.0. The molecule has 0 aliphatic heterocycles. The van der Waals surface area contributed by atoms with Crippen LogP contribution in [0.1, 0.15) is 10.6 Å². The molecule has 6 nitrogen and oxygen atoms in total. The van der Waals surface area contributed by atoms with Crippen molar-refractivity contribution in [1.29, 1.82) is 0 Å². The topological polar surface area (TPSA) is 88.4 Å². The zero-order valence-electron chi connectivity index (χ0n) is 12.8. The van der Waals surface area contributed by atoms with Crippen LogP contribution in [0.25, 0.3) is 0 Å². The van der Waals surface area contributed by atoms with Crippen LogP contribution in [0.3, 0.4) is 0 Å². The third-order valence-electron chi connectivity index (χ3n) is 3.24. The number of anilines is 2. The number of carbonyl (C=O) groups excluding carboxylic acids is 1. The number of nitrogens with one attached hydrogen (secondary N) is 2. The molecule has 0 saturated heterocycles. The van der Waals surface area contributed by atoms with Gasteiger partial charge in [0.05, 0.1) is 17.0 Å². The molecule has 0 aliphatic rings. The molecule has 2 aromatic carbocycles. The molecule has 25 heavy (non-hydrogen) atoms. The maximum Gasteiger partial charge on any atom is 0.291 e. The van der Waals surface area contributed by atoms with Crippen molar-refractivity contribution >= 4 is 38.9 Å². The lowest BCUT2D eigenvalue weighted by Gasteiger charge is -2.11. The first-order valence-electron chi connectivity index (χ1n) is 7.18. The molecule has 0 bridgehead atoms. The van der Waals surface area contributed by atoms with Crippen molar-refractivity contribution in [2.24, 2.45) is 0 Å². The van der Waals surface area contributed by atoms with Gasteiger partial charge in [0, 0.05) is 5.69 Å². The Morgan fingerprint density at radius 3 is 2.44 bits per heavy atom. The van der Waals surface area contributed by atoms with Gasteiger partial charge in [-0.3, -0.25) is 9.52 Å². The number of carbonyl (C=O) groups is 1. The minimum atomic E-state index is -3.85. The van der Waals surface area contributed by atoms with Crippen LogP contribution >= 0.6 is 11.6 Å². The highest BCUT2D eigenvalue weighted by Gasteiger charge is 2.17. The largest absolute Gasteiger partial charge is 0.459 e. The van der Waals surface area contributed by atoms with E-state index in [1.165, 1.54) is 30.5 Å². The Labute approximate surface area is 149 Å². The summed E-state index contributed by atoms with van der Waals surface area (Å²) < 4.78 is 32.3. The lowest BCUT2D eigenvalue weighted by Crippen LogP contribution is -2.14. The van der Waals surface area contributed by atoms with E-state index < -0.39 is 15.9 Å². The monoisotopic (exact) mass is 376 g/mol. The first-order chi connectivity index (χ1) is 12.0. The number of sulfonamides is 1. The second-order valence-corrected chi connectivity index (χ2v) is 7.11. The van der Waals surface area contributed by atoms with Crippen molar-refractivity contribution in [2.45, 2.75) is 4.90 Å². The minimum absolute atomic E-state index is 0.0262. The normalized spacial score (nSPS) is 11.1. The first kappa shape index (κ1) is 17.1. The van der Waals surface area contributed by atoms with Crippen LogP contribution in [0.15, 0.2) is 76.2 Å². The number of rotatable bonds is 5. The van der Waals surface area contributed by atoms with Crippen molar-refractivity contribution in [2.75, 3.05) is 10.0 Å². The van der Waals surface area contributed by atoms with E-state index in [0.717, 1.165) is 0 Å². The van der Waals surface area contributed by atoms with Crippen LogP contribution in [0, 0.1) is 0 Å². The molecule has 0 unspecified atom stereocenters.